The third kappa shape index (κ3) is 5.39. The Kier molecular flexibility index (Phi) is 7.14. The summed E-state index contributed by atoms with van der Waals surface area (Å²) >= 11 is 0. The summed E-state index contributed by atoms with van der Waals surface area (Å²) in [6.07, 6.45) is 6.31. The van der Waals surface area contributed by atoms with E-state index >= 15 is 0 Å². The van der Waals surface area contributed by atoms with Gasteiger partial charge in [-0.15, -0.1) is 0 Å². The van der Waals surface area contributed by atoms with Crippen LogP contribution in [0.2, 0.25) is 0 Å². The number of aromatic nitrogens is 2. The fourth-order valence-electron chi connectivity index (χ4n) is 3.19. The van der Waals surface area contributed by atoms with Crippen LogP contribution in [0.4, 0.5) is 8.78 Å². The SMILES string of the molecule is CCOc1ccccc1CN(CCCn1ccnc1)Cc1cccc(F)c1F. The van der Waals surface area contributed by atoms with Crippen molar-refractivity contribution < 1.29 is 13.5 Å². The van der Waals surface area contributed by atoms with Gasteiger partial charge in [0.15, 0.2) is 11.6 Å². The van der Waals surface area contributed by atoms with E-state index in [0.29, 0.717) is 25.3 Å². The summed E-state index contributed by atoms with van der Waals surface area (Å²) in [5.74, 6) is -0.768. The Morgan fingerprint density at radius 1 is 1.04 bits per heavy atom. The van der Waals surface area contributed by atoms with Crippen molar-refractivity contribution in [1.29, 1.82) is 0 Å². The van der Waals surface area contributed by atoms with Crippen LogP contribution in [-0.4, -0.2) is 27.6 Å². The third-order valence-electron chi connectivity index (χ3n) is 4.54. The molecule has 0 aliphatic heterocycles. The Balaban J connectivity index is 1.74. The second-order valence-corrected chi connectivity index (χ2v) is 6.62. The van der Waals surface area contributed by atoms with Gasteiger partial charge in [0.05, 0.1) is 12.9 Å². The van der Waals surface area contributed by atoms with Crippen LogP contribution in [0.5, 0.6) is 5.75 Å². The third-order valence-corrected chi connectivity index (χ3v) is 4.54. The first-order valence-corrected chi connectivity index (χ1v) is 9.49. The van der Waals surface area contributed by atoms with E-state index in [2.05, 4.69) is 9.88 Å². The van der Waals surface area contributed by atoms with E-state index in [-0.39, 0.29) is 0 Å². The maximum absolute atomic E-state index is 14.2. The van der Waals surface area contributed by atoms with Crippen molar-refractivity contribution in [3.63, 3.8) is 0 Å². The standard InChI is InChI=1S/C22H25F2N3O/c1-2-28-21-10-4-3-7-18(21)15-27(13-6-12-26-14-11-25-17-26)16-19-8-5-9-20(23)22(19)24/h3-5,7-11,14,17H,2,6,12-13,15-16H2,1H3. The normalized spacial score (nSPS) is 11.1. The highest BCUT2D eigenvalue weighted by atomic mass is 19.2. The monoisotopic (exact) mass is 385 g/mol. The van der Waals surface area contributed by atoms with Crippen molar-refractivity contribution in [2.24, 2.45) is 0 Å². The smallest absolute Gasteiger partial charge is 0.163 e. The maximum Gasteiger partial charge on any atom is 0.163 e. The van der Waals surface area contributed by atoms with Crippen LogP contribution in [0, 0.1) is 11.6 Å². The van der Waals surface area contributed by atoms with E-state index in [1.165, 1.54) is 0 Å². The van der Waals surface area contributed by atoms with E-state index < -0.39 is 11.6 Å². The Hall–Kier alpha value is -2.73. The van der Waals surface area contributed by atoms with Crippen LogP contribution in [0.25, 0.3) is 0 Å². The lowest BCUT2D eigenvalue weighted by molar-refractivity contribution is 0.238. The number of nitrogens with zero attached hydrogens (tertiary/aromatic N) is 3. The molecule has 4 nitrogen and oxygen atoms in total. The van der Waals surface area contributed by atoms with E-state index in [9.17, 15) is 8.78 Å². The van der Waals surface area contributed by atoms with E-state index in [0.717, 1.165) is 36.9 Å². The van der Waals surface area contributed by atoms with E-state index in [1.807, 2.05) is 42.0 Å². The van der Waals surface area contributed by atoms with Crippen LogP contribution < -0.4 is 4.74 Å². The topological polar surface area (TPSA) is 30.3 Å². The number of rotatable bonds is 10. The van der Waals surface area contributed by atoms with Gasteiger partial charge in [-0.3, -0.25) is 4.90 Å². The molecular formula is C22H25F2N3O. The van der Waals surface area contributed by atoms with Gasteiger partial charge in [-0.25, -0.2) is 13.8 Å². The van der Waals surface area contributed by atoms with Crippen molar-refractivity contribution in [2.45, 2.75) is 33.0 Å². The van der Waals surface area contributed by atoms with E-state index in [4.69, 9.17) is 4.74 Å². The molecule has 1 heterocycles. The zero-order valence-corrected chi connectivity index (χ0v) is 16.0. The quantitative estimate of drug-likeness (QED) is 0.509. The molecule has 0 aliphatic carbocycles. The summed E-state index contributed by atoms with van der Waals surface area (Å²) in [4.78, 5) is 6.17. The van der Waals surface area contributed by atoms with Gasteiger partial charge < -0.3 is 9.30 Å². The molecule has 0 fully saturated rings. The molecule has 1 aromatic heterocycles. The summed E-state index contributed by atoms with van der Waals surface area (Å²) < 4.78 is 35.6. The van der Waals surface area contributed by atoms with Gasteiger partial charge >= 0.3 is 0 Å². The second-order valence-electron chi connectivity index (χ2n) is 6.62. The molecule has 3 aromatic rings. The van der Waals surface area contributed by atoms with E-state index in [1.54, 1.807) is 24.7 Å². The van der Waals surface area contributed by atoms with Gasteiger partial charge in [0.1, 0.15) is 5.75 Å². The predicted molar refractivity (Wildman–Crippen MR) is 105 cm³/mol. The maximum atomic E-state index is 14.2. The zero-order chi connectivity index (χ0) is 19.8. The first-order valence-electron chi connectivity index (χ1n) is 9.49. The molecule has 3 rings (SSSR count). The molecule has 0 unspecified atom stereocenters. The lowest BCUT2D eigenvalue weighted by atomic mass is 10.1. The molecule has 0 radical (unpaired) electrons. The fraction of sp³-hybridized carbons (Fsp3) is 0.318. The average Bonchev–Trinajstić information content (AvgIpc) is 3.20. The number of aryl methyl sites for hydroxylation is 1. The molecule has 148 valence electrons. The Bertz CT molecular complexity index is 868. The summed E-state index contributed by atoms with van der Waals surface area (Å²) in [7, 11) is 0. The number of hydrogen-bond acceptors (Lipinski definition) is 3. The van der Waals surface area contributed by atoms with Crippen molar-refractivity contribution in [3.05, 3.63) is 83.9 Å². The van der Waals surface area contributed by atoms with Gasteiger partial charge in [0, 0.05) is 49.7 Å². The predicted octanol–water partition coefficient (Wildman–Crippen LogP) is 4.65. The minimum Gasteiger partial charge on any atom is -0.494 e. The minimum absolute atomic E-state index is 0.327. The fourth-order valence-corrected chi connectivity index (χ4v) is 3.19. The highest BCUT2D eigenvalue weighted by Gasteiger charge is 2.15. The summed E-state index contributed by atoms with van der Waals surface area (Å²) in [6.45, 7) is 4.99. The van der Waals surface area contributed by atoms with Crippen molar-refractivity contribution >= 4 is 0 Å². The molecule has 6 heteroatoms. The lowest BCUT2D eigenvalue weighted by Crippen LogP contribution is -2.26. The molecule has 0 aliphatic rings. The van der Waals surface area contributed by atoms with Gasteiger partial charge in [-0.1, -0.05) is 30.3 Å². The molecule has 28 heavy (non-hydrogen) atoms. The van der Waals surface area contributed by atoms with Crippen molar-refractivity contribution in [2.75, 3.05) is 13.2 Å². The molecule has 0 saturated heterocycles. The number of ether oxygens (including phenoxy) is 1. The first-order chi connectivity index (χ1) is 13.7. The number of hydrogen-bond donors (Lipinski definition) is 0. The average molecular weight is 385 g/mol. The molecule has 0 bridgehead atoms. The molecular weight excluding hydrogens is 360 g/mol. The van der Waals surface area contributed by atoms with Gasteiger partial charge in [0.25, 0.3) is 0 Å². The van der Waals surface area contributed by atoms with Gasteiger partial charge in [-0.05, 0) is 25.5 Å². The number of imidazole rings is 1. The lowest BCUT2D eigenvalue weighted by Gasteiger charge is -2.24. The first kappa shape index (κ1) is 20.0. The zero-order valence-electron chi connectivity index (χ0n) is 16.0. The highest BCUT2D eigenvalue weighted by Crippen LogP contribution is 2.22. The second kappa shape index (κ2) is 9.99. The number of para-hydroxylation sites is 1. The van der Waals surface area contributed by atoms with Crippen LogP contribution in [0.15, 0.2) is 61.2 Å². The Morgan fingerprint density at radius 2 is 1.82 bits per heavy atom. The molecule has 2 aromatic carbocycles. The molecule has 0 saturated carbocycles. The summed E-state index contributed by atoms with van der Waals surface area (Å²) in [5, 5.41) is 0. The minimum atomic E-state index is -0.814. The largest absolute Gasteiger partial charge is 0.494 e. The van der Waals surface area contributed by atoms with Crippen molar-refractivity contribution in [1.82, 2.24) is 14.5 Å². The van der Waals surface area contributed by atoms with Crippen LogP contribution >= 0.6 is 0 Å². The molecule has 0 amide bonds. The van der Waals surface area contributed by atoms with Crippen molar-refractivity contribution in [3.8, 4) is 5.75 Å². The molecule has 0 spiro atoms. The van der Waals surface area contributed by atoms with Gasteiger partial charge in [-0.2, -0.15) is 0 Å². The van der Waals surface area contributed by atoms with Crippen LogP contribution in [-0.2, 0) is 19.6 Å². The van der Waals surface area contributed by atoms with Crippen LogP contribution in [0.3, 0.4) is 0 Å². The number of halogens is 2. The summed E-state index contributed by atoms with van der Waals surface area (Å²) in [5.41, 5.74) is 1.39. The molecule has 0 N–H and O–H groups in total. The molecule has 0 atom stereocenters. The number of benzene rings is 2. The Labute approximate surface area is 164 Å². The summed E-state index contributed by atoms with van der Waals surface area (Å²) in [6, 6.07) is 12.2. The Morgan fingerprint density at radius 3 is 2.61 bits per heavy atom. The highest BCUT2D eigenvalue weighted by molar-refractivity contribution is 5.33. The van der Waals surface area contributed by atoms with Gasteiger partial charge in [0.2, 0.25) is 0 Å². The van der Waals surface area contributed by atoms with Crippen LogP contribution in [0.1, 0.15) is 24.5 Å².